The number of amides is 1. The van der Waals surface area contributed by atoms with E-state index in [1.165, 1.54) is 23.1 Å². The van der Waals surface area contributed by atoms with Crippen molar-refractivity contribution in [3.05, 3.63) is 105 Å². The summed E-state index contributed by atoms with van der Waals surface area (Å²) in [5.74, 6) is -1.58. The highest BCUT2D eigenvalue weighted by atomic mass is 35.5. The lowest BCUT2D eigenvalue weighted by molar-refractivity contribution is -0.111. The second kappa shape index (κ2) is 10.9. The Morgan fingerprint density at radius 3 is 2.57 bits per heavy atom. The molecular formula is C30H22Cl2F2N6O2. The maximum absolute atomic E-state index is 14.8. The molecule has 1 aromatic heterocycles. The first kappa shape index (κ1) is 27.9. The number of anilines is 2. The van der Waals surface area contributed by atoms with Crippen LogP contribution in [0.1, 0.15) is 33.5 Å². The molecule has 3 aromatic carbocycles. The summed E-state index contributed by atoms with van der Waals surface area (Å²) >= 11 is 12.8. The predicted octanol–water partition coefficient (Wildman–Crippen LogP) is 5.57. The number of likely N-dealkylation sites (tertiary alicyclic amines) is 1. The van der Waals surface area contributed by atoms with Gasteiger partial charge in [0.2, 0.25) is 5.95 Å². The van der Waals surface area contributed by atoms with Gasteiger partial charge in [0, 0.05) is 46.7 Å². The van der Waals surface area contributed by atoms with Crippen molar-refractivity contribution in [2.24, 2.45) is 10.7 Å². The number of aliphatic imine (C=N–C) groups is 1. The molecule has 1 fully saturated rings. The number of carbonyl (C=O) groups excluding carboxylic acids is 2. The molecule has 0 aliphatic carbocycles. The first-order chi connectivity index (χ1) is 20.2. The van der Waals surface area contributed by atoms with Gasteiger partial charge >= 0.3 is 0 Å². The molecule has 8 nitrogen and oxygen atoms in total. The lowest BCUT2D eigenvalue weighted by atomic mass is 9.95. The maximum atomic E-state index is 14.8. The number of nitrogens with one attached hydrogen (secondary N) is 1. The van der Waals surface area contributed by atoms with Gasteiger partial charge in [-0.05, 0) is 48.9 Å². The lowest BCUT2D eigenvalue weighted by Crippen LogP contribution is -2.45. The van der Waals surface area contributed by atoms with Gasteiger partial charge in [-0.3, -0.25) is 9.79 Å². The van der Waals surface area contributed by atoms with E-state index < -0.39 is 17.2 Å². The molecule has 212 valence electrons. The number of hydrogen-bond acceptors (Lipinski definition) is 7. The summed E-state index contributed by atoms with van der Waals surface area (Å²) in [7, 11) is 0. The number of hydrogen-bond donors (Lipinski definition) is 2. The first-order valence-corrected chi connectivity index (χ1v) is 13.7. The van der Waals surface area contributed by atoms with E-state index in [0.717, 1.165) is 0 Å². The van der Waals surface area contributed by atoms with Crippen LogP contribution in [0.3, 0.4) is 0 Å². The molecule has 0 spiro atoms. The van der Waals surface area contributed by atoms with Crippen LogP contribution in [0.15, 0.2) is 65.8 Å². The largest absolute Gasteiger partial charge is 0.336 e. The van der Waals surface area contributed by atoms with Crippen molar-refractivity contribution in [1.29, 1.82) is 0 Å². The molecule has 1 unspecified atom stereocenters. The van der Waals surface area contributed by atoms with Gasteiger partial charge in [-0.25, -0.2) is 18.7 Å². The van der Waals surface area contributed by atoms with Crippen LogP contribution in [0.2, 0.25) is 10.0 Å². The number of aldehydes is 1. The fraction of sp³-hybridized carbons (Fsp3) is 0.167. The van der Waals surface area contributed by atoms with E-state index in [9.17, 15) is 18.4 Å². The molecule has 3 N–H and O–H groups in total. The minimum Gasteiger partial charge on any atom is -0.336 e. The van der Waals surface area contributed by atoms with E-state index in [-0.39, 0.29) is 46.8 Å². The number of nitrogens with zero attached hydrogens (tertiary/aromatic N) is 4. The van der Waals surface area contributed by atoms with Crippen molar-refractivity contribution in [2.45, 2.75) is 18.5 Å². The van der Waals surface area contributed by atoms with Gasteiger partial charge in [0.15, 0.2) is 0 Å². The second-order valence-electron chi connectivity index (χ2n) is 10.2. The molecule has 12 heteroatoms. The highest BCUT2D eigenvalue weighted by molar-refractivity contribution is 6.34. The Balaban J connectivity index is 1.31. The highest BCUT2D eigenvalue weighted by Gasteiger charge is 2.37. The van der Waals surface area contributed by atoms with Crippen LogP contribution >= 0.6 is 23.2 Å². The van der Waals surface area contributed by atoms with Crippen LogP contribution in [0.25, 0.3) is 11.3 Å². The summed E-state index contributed by atoms with van der Waals surface area (Å²) < 4.78 is 29.6. The molecule has 6 rings (SSSR count). The summed E-state index contributed by atoms with van der Waals surface area (Å²) in [6.07, 6.45) is 2.64. The summed E-state index contributed by atoms with van der Waals surface area (Å²) in [4.78, 5) is 39.4. The van der Waals surface area contributed by atoms with Gasteiger partial charge in [0.05, 0.1) is 39.6 Å². The Labute approximate surface area is 249 Å². The van der Waals surface area contributed by atoms with Gasteiger partial charge in [-0.1, -0.05) is 35.3 Å². The van der Waals surface area contributed by atoms with Gasteiger partial charge in [-0.2, -0.15) is 0 Å². The van der Waals surface area contributed by atoms with Crippen LogP contribution in [-0.2, 0) is 11.3 Å². The molecular weight excluding hydrogens is 585 g/mol. The fourth-order valence-electron chi connectivity index (χ4n) is 5.11. The number of halogens is 4. The number of aromatic nitrogens is 2. The second-order valence-corrected chi connectivity index (χ2v) is 11.0. The summed E-state index contributed by atoms with van der Waals surface area (Å²) in [5, 5.41) is 3.67. The van der Waals surface area contributed by atoms with Gasteiger partial charge < -0.3 is 20.7 Å². The molecule has 1 amide bonds. The topological polar surface area (TPSA) is 114 Å². The quantitative estimate of drug-likeness (QED) is 0.287. The number of rotatable bonds is 5. The minimum atomic E-state index is -1.05. The van der Waals surface area contributed by atoms with E-state index in [1.807, 2.05) is 0 Å². The average Bonchev–Trinajstić information content (AvgIpc) is 3.30. The van der Waals surface area contributed by atoms with E-state index in [4.69, 9.17) is 33.9 Å². The lowest BCUT2D eigenvalue weighted by Gasteiger charge is -2.19. The molecule has 0 saturated carbocycles. The fourth-order valence-corrected chi connectivity index (χ4v) is 5.55. The van der Waals surface area contributed by atoms with Crippen LogP contribution in [-0.4, -0.2) is 51.4 Å². The van der Waals surface area contributed by atoms with Crippen LogP contribution in [0.5, 0.6) is 0 Å². The standard InChI is InChI=1S/C30H22Cl2F2N6O2/c31-17-4-6-19-21(10-17)27(25-23(33)2-1-3-24(25)34)36-12-16-13-37-29(39-26(16)19)38-18-5-7-20(22(32)11-18)28(42)40-9-8-30(35,14-40)15-41/h1-7,10-11,13,15H,8-9,12,14,35H2,(H,37,38,39). The van der Waals surface area contributed by atoms with Gasteiger partial charge in [0.25, 0.3) is 5.91 Å². The van der Waals surface area contributed by atoms with Crippen LogP contribution in [0.4, 0.5) is 20.4 Å². The molecule has 0 radical (unpaired) electrons. The Morgan fingerprint density at radius 1 is 1.07 bits per heavy atom. The molecule has 2 aliphatic rings. The molecule has 1 saturated heterocycles. The minimum absolute atomic E-state index is 0.0817. The summed E-state index contributed by atoms with van der Waals surface area (Å²) in [6, 6.07) is 13.5. The van der Waals surface area contributed by atoms with E-state index in [2.05, 4.69) is 15.3 Å². The summed E-state index contributed by atoms with van der Waals surface area (Å²) in [6.45, 7) is 0.559. The third kappa shape index (κ3) is 5.13. The monoisotopic (exact) mass is 606 g/mol. The number of nitrogens with two attached hydrogens (primary N) is 1. The van der Waals surface area contributed by atoms with Crippen molar-refractivity contribution in [2.75, 3.05) is 18.4 Å². The Bertz CT molecular complexity index is 1780. The zero-order valence-corrected chi connectivity index (χ0v) is 23.4. The molecule has 1 atom stereocenters. The number of benzene rings is 3. The zero-order valence-electron chi connectivity index (χ0n) is 21.9. The van der Waals surface area contributed by atoms with Crippen LogP contribution < -0.4 is 11.1 Å². The molecule has 42 heavy (non-hydrogen) atoms. The van der Waals surface area contributed by atoms with Crippen molar-refractivity contribution in [1.82, 2.24) is 14.9 Å². The Kier molecular flexibility index (Phi) is 7.22. The highest BCUT2D eigenvalue weighted by Crippen LogP contribution is 2.35. The zero-order chi connectivity index (χ0) is 29.6. The molecule has 0 bridgehead atoms. The maximum Gasteiger partial charge on any atom is 0.255 e. The van der Waals surface area contributed by atoms with E-state index >= 15 is 0 Å². The predicted molar refractivity (Wildman–Crippen MR) is 156 cm³/mol. The third-order valence-corrected chi connectivity index (χ3v) is 7.82. The van der Waals surface area contributed by atoms with Crippen molar-refractivity contribution in [3.8, 4) is 11.3 Å². The third-order valence-electron chi connectivity index (χ3n) is 7.27. The normalized spacial score (nSPS) is 17.6. The Hall–Kier alpha value is -4.25. The number of carbonyl (C=O) groups is 2. The van der Waals surface area contributed by atoms with Crippen LogP contribution in [0, 0.1) is 11.6 Å². The van der Waals surface area contributed by atoms with E-state index in [1.54, 1.807) is 42.6 Å². The van der Waals surface area contributed by atoms with Crippen molar-refractivity contribution < 1.29 is 18.4 Å². The van der Waals surface area contributed by atoms with Gasteiger partial charge in [0.1, 0.15) is 17.9 Å². The van der Waals surface area contributed by atoms with Crippen molar-refractivity contribution >= 4 is 52.7 Å². The smallest absolute Gasteiger partial charge is 0.255 e. The Morgan fingerprint density at radius 2 is 1.86 bits per heavy atom. The molecule has 3 heterocycles. The SMILES string of the molecule is NC1(C=O)CCN(C(=O)c2ccc(Nc3ncc4c(n3)-c3ccc(Cl)cc3C(c3c(F)cccc3F)=NC4)cc2Cl)C1. The molecule has 2 aliphatic heterocycles. The average molecular weight is 607 g/mol. The number of fused-ring (bicyclic) bond motifs is 3. The molecule has 4 aromatic rings. The summed E-state index contributed by atoms with van der Waals surface area (Å²) in [5.41, 5.74) is 7.79. The van der Waals surface area contributed by atoms with E-state index in [0.29, 0.717) is 52.3 Å². The first-order valence-electron chi connectivity index (χ1n) is 12.9. The van der Waals surface area contributed by atoms with Gasteiger partial charge in [-0.15, -0.1) is 0 Å². The van der Waals surface area contributed by atoms with Crippen molar-refractivity contribution in [3.63, 3.8) is 0 Å².